The van der Waals surface area contributed by atoms with E-state index in [9.17, 15) is 8.42 Å². The summed E-state index contributed by atoms with van der Waals surface area (Å²) in [5, 5.41) is 0. The van der Waals surface area contributed by atoms with E-state index in [1.165, 1.54) is 0 Å². The van der Waals surface area contributed by atoms with Crippen LogP contribution in [-0.2, 0) is 23.8 Å². The molecule has 0 spiro atoms. The first-order chi connectivity index (χ1) is 9.47. The van der Waals surface area contributed by atoms with Crippen molar-refractivity contribution in [3.05, 3.63) is 29.8 Å². The third-order valence-electron chi connectivity index (χ3n) is 3.30. The molecule has 20 heavy (non-hydrogen) atoms. The lowest BCUT2D eigenvalue weighted by atomic mass is 10.1. The van der Waals surface area contributed by atoms with Gasteiger partial charge in [0.2, 0.25) is 0 Å². The van der Waals surface area contributed by atoms with Gasteiger partial charge in [0, 0.05) is 19.6 Å². The highest BCUT2D eigenvalue weighted by atomic mass is 32.2. The van der Waals surface area contributed by atoms with Crippen molar-refractivity contribution >= 4 is 10.1 Å². The average Bonchev–Trinajstić information content (AvgIpc) is 2.87. The molecule has 0 aliphatic carbocycles. The lowest BCUT2D eigenvalue weighted by Gasteiger charge is -2.26. The zero-order valence-electron chi connectivity index (χ0n) is 11.8. The number of aryl methyl sites for hydroxylation is 1. The Morgan fingerprint density at radius 1 is 1.30 bits per heavy atom. The van der Waals surface area contributed by atoms with E-state index in [1.807, 2.05) is 13.8 Å². The normalized spacial score (nSPS) is 23.1. The van der Waals surface area contributed by atoms with Crippen LogP contribution in [0.5, 0.6) is 0 Å². The highest BCUT2D eigenvalue weighted by Gasteiger charge is 2.37. The van der Waals surface area contributed by atoms with Gasteiger partial charge >= 0.3 is 0 Å². The van der Waals surface area contributed by atoms with Gasteiger partial charge in [-0.2, -0.15) is 8.42 Å². The van der Waals surface area contributed by atoms with Gasteiger partial charge in [-0.15, -0.1) is 0 Å². The summed E-state index contributed by atoms with van der Waals surface area (Å²) in [4.78, 5) is 0.161. The van der Waals surface area contributed by atoms with E-state index in [4.69, 9.17) is 13.7 Å². The van der Waals surface area contributed by atoms with E-state index in [0.29, 0.717) is 26.2 Å². The summed E-state index contributed by atoms with van der Waals surface area (Å²) in [6, 6.07) is 6.58. The van der Waals surface area contributed by atoms with Crippen molar-refractivity contribution in [1.82, 2.24) is 0 Å². The minimum Gasteiger partial charge on any atom is -0.378 e. The summed E-state index contributed by atoms with van der Waals surface area (Å²) in [6.07, 6.45) is 0.643. The van der Waals surface area contributed by atoms with E-state index < -0.39 is 15.7 Å². The van der Waals surface area contributed by atoms with Crippen LogP contribution >= 0.6 is 0 Å². The van der Waals surface area contributed by atoms with Gasteiger partial charge in [0.05, 0.1) is 18.1 Å². The van der Waals surface area contributed by atoms with Crippen molar-refractivity contribution in [2.75, 3.05) is 26.4 Å². The Morgan fingerprint density at radius 2 is 2.00 bits per heavy atom. The van der Waals surface area contributed by atoms with Crippen LogP contribution < -0.4 is 0 Å². The molecule has 1 saturated heterocycles. The summed E-state index contributed by atoms with van der Waals surface area (Å²) in [5.41, 5.74) is 0.353. The number of hydrogen-bond donors (Lipinski definition) is 0. The Morgan fingerprint density at radius 3 is 2.55 bits per heavy atom. The monoisotopic (exact) mass is 300 g/mol. The van der Waals surface area contributed by atoms with E-state index in [1.54, 1.807) is 24.3 Å². The molecule has 0 radical (unpaired) electrons. The number of benzene rings is 1. The zero-order chi connectivity index (χ0) is 14.6. The lowest BCUT2D eigenvalue weighted by Crippen LogP contribution is -2.39. The maximum Gasteiger partial charge on any atom is 0.297 e. The molecule has 0 bridgehead atoms. The molecule has 6 heteroatoms. The Bertz CT molecular complexity index is 529. The lowest BCUT2D eigenvalue weighted by molar-refractivity contribution is -0.0687. The third-order valence-corrected chi connectivity index (χ3v) is 4.58. The van der Waals surface area contributed by atoms with Crippen LogP contribution in [-0.4, -0.2) is 40.4 Å². The van der Waals surface area contributed by atoms with E-state index in [0.717, 1.165) is 5.56 Å². The number of rotatable bonds is 6. The van der Waals surface area contributed by atoms with Crippen molar-refractivity contribution < 1.29 is 22.1 Å². The molecule has 2 rings (SSSR count). The van der Waals surface area contributed by atoms with Crippen LogP contribution in [0.2, 0.25) is 0 Å². The number of hydrogen-bond acceptors (Lipinski definition) is 5. The Hall–Kier alpha value is -0.950. The van der Waals surface area contributed by atoms with Crippen LogP contribution in [0.1, 0.15) is 18.9 Å². The highest BCUT2D eigenvalue weighted by Crippen LogP contribution is 2.25. The molecular weight excluding hydrogens is 280 g/mol. The van der Waals surface area contributed by atoms with Crippen LogP contribution in [0.4, 0.5) is 0 Å². The molecule has 1 aromatic carbocycles. The summed E-state index contributed by atoms with van der Waals surface area (Å²) < 4.78 is 40.3. The van der Waals surface area contributed by atoms with Crippen molar-refractivity contribution in [2.45, 2.75) is 30.8 Å². The summed E-state index contributed by atoms with van der Waals surface area (Å²) >= 11 is 0. The standard InChI is InChI=1S/C14H20O5S/c1-3-18-14(8-9-17-10-14)11-19-20(15,16)13-6-4-12(2)5-7-13/h4-7H,3,8-11H2,1-2H3. The minimum absolute atomic E-state index is 0.0168. The van der Waals surface area contributed by atoms with Gasteiger partial charge in [0.1, 0.15) is 5.60 Å². The van der Waals surface area contributed by atoms with Crippen LogP contribution in [0.25, 0.3) is 0 Å². The fourth-order valence-corrected chi connectivity index (χ4v) is 3.10. The first kappa shape index (κ1) is 15.4. The van der Waals surface area contributed by atoms with E-state index in [-0.39, 0.29) is 11.5 Å². The van der Waals surface area contributed by atoms with Crippen molar-refractivity contribution in [3.63, 3.8) is 0 Å². The maximum absolute atomic E-state index is 12.1. The first-order valence-electron chi connectivity index (χ1n) is 6.65. The summed E-state index contributed by atoms with van der Waals surface area (Å²) in [7, 11) is -3.76. The molecule has 1 atom stereocenters. The summed E-state index contributed by atoms with van der Waals surface area (Å²) in [5.74, 6) is 0. The zero-order valence-corrected chi connectivity index (χ0v) is 12.6. The average molecular weight is 300 g/mol. The molecule has 0 N–H and O–H groups in total. The molecule has 1 heterocycles. The molecule has 0 saturated carbocycles. The molecule has 1 aliphatic heterocycles. The van der Waals surface area contributed by atoms with Gasteiger partial charge < -0.3 is 9.47 Å². The topological polar surface area (TPSA) is 61.8 Å². The second-order valence-electron chi connectivity index (χ2n) is 4.95. The van der Waals surface area contributed by atoms with Crippen LogP contribution in [0, 0.1) is 6.92 Å². The van der Waals surface area contributed by atoms with Gasteiger partial charge in [0.15, 0.2) is 0 Å². The predicted octanol–water partition coefficient (Wildman–Crippen LogP) is 1.90. The predicted molar refractivity (Wildman–Crippen MR) is 74.1 cm³/mol. The van der Waals surface area contributed by atoms with Crippen molar-refractivity contribution in [3.8, 4) is 0 Å². The van der Waals surface area contributed by atoms with Gasteiger partial charge in [0.25, 0.3) is 10.1 Å². The van der Waals surface area contributed by atoms with Crippen molar-refractivity contribution in [1.29, 1.82) is 0 Å². The molecule has 0 amide bonds. The van der Waals surface area contributed by atoms with Crippen molar-refractivity contribution in [2.24, 2.45) is 0 Å². The molecular formula is C14H20O5S. The molecule has 1 unspecified atom stereocenters. The largest absolute Gasteiger partial charge is 0.378 e. The maximum atomic E-state index is 12.1. The molecule has 1 aromatic rings. The molecule has 0 aromatic heterocycles. The highest BCUT2D eigenvalue weighted by molar-refractivity contribution is 7.86. The minimum atomic E-state index is -3.76. The smallest absolute Gasteiger partial charge is 0.297 e. The second-order valence-corrected chi connectivity index (χ2v) is 6.56. The Labute approximate surface area is 120 Å². The Balaban J connectivity index is 2.06. The third kappa shape index (κ3) is 3.58. The van der Waals surface area contributed by atoms with Gasteiger partial charge in [-0.05, 0) is 26.0 Å². The van der Waals surface area contributed by atoms with Gasteiger partial charge in [-0.1, -0.05) is 17.7 Å². The molecule has 112 valence electrons. The fourth-order valence-electron chi connectivity index (χ4n) is 2.12. The van der Waals surface area contributed by atoms with Gasteiger partial charge in [-0.25, -0.2) is 0 Å². The molecule has 5 nitrogen and oxygen atoms in total. The quantitative estimate of drug-likeness (QED) is 0.751. The number of ether oxygens (including phenoxy) is 2. The Kier molecular flexibility index (Phi) is 4.80. The SMILES string of the molecule is CCOC1(COS(=O)(=O)c2ccc(C)cc2)CCOC1. The van der Waals surface area contributed by atoms with Crippen LogP contribution in [0.3, 0.4) is 0 Å². The first-order valence-corrected chi connectivity index (χ1v) is 8.06. The van der Waals surface area contributed by atoms with Gasteiger partial charge in [-0.3, -0.25) is 4.18 Å². The fraction of sp³-hybridized carbons (Fsp3) is 0.571. The summed E-state index contributed by atoms with van der Waals surface area (Å²) in [6.45, 7) is 5.18. The molecule has 1 fully saturated rings. The molecule has 1 aliphatic rings. The second kappa shape index (κ2) is 6.22. The van der Waals surface area contributed by atoms with E-state index in [2.05, 4.69) is 0 Å². The van der Waals surface area contributed by atoms with E-state index >= 15 is 0 Å². The van der Waals surface area contributed by atoms with Crippen LogP contribution in [0.15, 0.2) is 29.2 Å².